The first-order valence-corrected chi connectivity index (χ1v) is 6.27. The van der Waals surface area contributed by atoms with Crippen molar-refractivity contribution in [2.45, 2.75) is 30.6 Å². The highest BCUT2D eigenvalue weighted by atomic mass is 35.5. The fraction of sp³-hybridized carbons (Fsp3) is 0.889. The number of nitrogens with zero attached hydrogens (tertiary/aromatic N) is 2. The number of hydrogen-bond acceptors (Lipinski definition) is 8. The normalized spacial score (nSPS) is 33.5. The fourth-order valence-corrected chi connectivity index (χ4v) is 1.89. The largest absolute Gasteiger partial charge is 0.394 e. The second-order valence-corrected chi connectivity index (χ2v) is 4.48. The molecule has 1 saturated heterocycles. The Labute approximate surface area is 118 Å². The number of amides is 2. The summed E-state index contributed by atoms with van der Waals surface area (Å²) in [6, 6.07) is -2.40. The summed E-state index contributed by atoms with van der Waals surface area (Å²) in [5.41, 5.74) is 0. The highest BCUT2D eigenvalue weighted by Crippen LogP contribution is 2.19. The number of rotatable bonds is 5. The molecule has 2 amide bonds. The van der Waals surface area contributed by atoms with Crippen molar-refractivity contribution < 1.29 is 30.0 Å². The Bertz CT molecular complexity index is 348. The zero-order valence-electron chi connectivity index (χ0n) is 10.3. The van der Waals surface area contributed by atoms with Crippen LogP contribution in [0.5, 0.6) is 0 Å². The summed E-state index contributed by atoms with van der Waals surface area (Å²) in [5.74, 6) is -0.0410. The number of ether oxygens (including phenoxy) is 1. The van der Waals surface area contributed by atoms with Gasteiger partial charge in [0.15, 0.2) is 6.29 Å². The number of carbonyl (C=O) groups is 1. The highest BCUT2D eigenvalue weighted by Gasteiger charge is 2.44. The molecule has 1 rings (SSSR count). The Kier molecular flexibility index (Phi) is 6.52. The van der Waals surface area contributed by atoms with Gasteiger partial charge in [-0.2, -0.15) is 5.01 Å². The lowest BCUT2D eigenvalue weighted by Crippen LogP contribution is -2.65. The molecule has 0 aromatic rings. The SMILES string of the molecule is O=NN(CCCl)C(=O)N[C@@H]1C(O)O[C@@H](CO)[C@H](O)[C@H]1O. The summed E-state index contributed by atoms with van der Waals surface area (Å²) < 4.78 is 4.83. The van der Waals surface area contributed by atoms with E-state index in [0.29, 0.717) is 5.01 Å². The smallest absolute Gasteiger partial charge is 0.340 e. The van der Waals surface area contributed by atoms with Gasteiger partial charge >= 0.3 is 6.03 Å². The van der Waals surface area contributed by atoms with Crippen molar-refractivity contribution in [2.24, 2.45) is 5.29 Å². The molecule has 0 bridgehead atoms. The van der Waals surface area contributed by atoms with Crippen LogP contribution in [-0.2, 0) is 4.74 Å². The van der Waals surface area contributed by atoms with Gasteiger partial charge in [-0.05, 0) is 0 Å². The summed E-state index contributed by atoms with van der Waals surface area (Å²) in [4.78, 5) is 22.1. The summed E-state index contributed by atoms with van der Waals surface area (Å²) in [6.45, 7) is -0.789. The zero-order valence-corrected chi connectivity index (χ0v) is 11.0. The summed E-state index contributed by atoms with van der Waals surface area (Å²) in [5, 5.41) is 42.9. The number of aliphatic hydroxyl groups is 4. The highest BCUT2D eigenvalue weighted by molar-refractivity contribution is 6.18. The van der Waals surface area contributed by atoms with Gasteiger partial charge in [-0.15, -0.1) is 16.5 Å². The Balaban J connectivity index is 2.70. The van der Waals surface area contributed by atoms with Gasteiger partial charge in [0.05, 0.1) is 18.4 Å². The average molecular weight is 314 g/mol. The maximum atomic E-state index is 11.6. The molecule has 0 radical (unpaired) electrons. The molecule has 116 valence electrons. The topological polar surface area (TPSA) is 152 Å². The van der Waals surface area contributed by atoms with Crippen LogP contribution in [0.15, 0.2) is 5.29 Å². The van der Waals surface area contributed by atoms with Gasteiger partial charge in [0.25, 0.3) is 0 Å². The first-order valence-electron chi connectivity index (χ1n) is 5.74. The van der Waals surface area contributed by atoms with E-state index in [9.17, 15) is 25.0 Å². The Morgan fingerprint density at radius 3 is 2.50 bits per heavy atom. The molecule has 1 unspecified atom stereocenters. The van der Waals surface area contributed by atoms with Crippen LogP contribution in [0, 0.1) is 4.91 Å². The van der Waals surface area contributed by atoms with Gasteiger partial charge in [-0.3, -0.25) is 0 Å². The lowest BCUT2D eigenvalue weighted by molar-refractivity contribution is -0.252. The molecule has 0 aliphatic carbocycles. The van der Waals surface area contributed by atoms with Crippen molar-refractivity contribution in [3.05, 3.63) is 4.91 Å². The third kappa shape index (κ3) is 3.75. The zero-order chi connectivity index (χ0) is 15.3. The summed E-state index contributed by atoms with van der Waals surface area (Å²) in [6.07, 6.45) is -5.96. The van der Waals surface area contributed by atoms with E-state index in [-0.39, 0.29) is 12.4 Å². The molecule has 1 heterocycles. The molecule has 0 saturated carbocycles. The van der Waals surface area contributed by atoms with Gasteiger partial charge in [0, 0.05) is 5.88 Å². The number of nitroso groups, excluding NO2 is 1. The molecule has 1 aliphatic heterocycles. The van der Waals surface area contributed by atoms with E-state index in [1.54, 1.807) is 0 Å². The van der Waals surface area contributed by atoms with Crippen LogP contribution in [0.25, 0.3) is 0 Å². The summed E-state index contributed by atoms with van der Waals surface area (Å²) >= 11 is 5.37. The van der Waals surface area contributed by atoms with Crippen LogP contribution in [0.4, 0.5) is 4.79 Å². The first kappa shape index (κ1) is 17.0. The molecule has 11 heteroatoms. The predicted octanol–water partition coefficient (Wildman–Crippen LogP) is -2.28. The van der Waals surface area contributed by atoms with E-state index in [2.05, 4.69) is 10.6 Å². The minimum Gasteiger partial charge on any atom is -0.394 e. The van der Waals surface area contributed by atoms with Crippen LogP contribution in [-0.4, -0.2) is 81.1 Å². The van der Waals surface area contributed by atoms with Crippen LogP contribution in [0.2, 0.25) is 0 Å². The fourth-order valence-electron chi connectivity index (χ4n) is 1.73. The molecule has 5 atom stereocenters. The maximum Gasteiger partial charge on any atom is 0.340 e. The van der Waals surface area contributed by atoms with Crippen LogP contribution >= 0.6 is 11.6 Å². The Morgan fingerprint density at radius 1 is 1.35 bits per heavy atom. The van der Waals surface area contributed by atoms with Crippen molar-refractivity contribution in [2.75, 3.05) is 19.0 Å². The first-order chi connectivity index (χ1) is 9.46. The quantitative estimate of drug-likeness (QED) is 0.218. The molecule has 20 heavy (non-hydrogen) atoms. The van der Waals surface area contributed by atoms with E-state index in [4.69, 9.17) is 21.4 Å². The van der Waals surface area contributed by atoms with Crippen molar-refractivity contribution in [1.82, 2.24) is 10.3 Å². The number of halogens is 1. The minimum absolute atomic E-state index is 0.0410. The number of aliphatic hydroxyl groups excluding tert-OH is 4. The van der Waals surface area contributed by atoms with Crippen molar-refractivity contribution in [1.29, 1.82) is 0 Å². The van der Waals surface area contributed by atoms with Gasteiger partial charge < -0.3 is 30.5 Å². The second kappa shape index (κ2) is 7.67. The molecule has 1 aliphatic rings. The van der Waals surface area contributed by atoms with Crippen LogP contribution < -0.4 is 5.32 Å². The maximum absolute atomic E-state index is 11.6. The molecule has 10 nitrogen and oxygen atoms in total. The number of urea groups is 1. The van der Waals surface area contributed by atoms with Gasteiger partial charge in [-0.1, -0.05) is 0 Å². The summed E-state index contributed by atoms with van der Waals surface area (Å²) in [7, 11) is 0. The Hall–Kier alpha value is -1.04. The van der Waals surface area contributed by atoms with Crippen LogP contribution in [0.1, 0.15) is 0 Å². The third-order valence-electron chi connectivity index (χ3n) is 2.82. The van der Waals surface area contributed by atoms with E-state index < -0.39 is 43.3 Å². The van der Waals surface area contributed by atoms with Crippen molar-refractivity contribution in [3.8, 4) is 0 Å². The molecule has 0 aromatic carbocycles. The monoisotopic (exact) mass is 313 g/mol. The number of hydrogen-bond donors (Lipinski definition) is 5. The van der Waals surface area contributed by atoms with E-state index in [0.717, 1.165) is 0 Å². The molecule has 0 aromatic heterocycles. The molecular weight excluding hydrogens is 298 g/mol. The van der Waals surface area contributed by atoms with Gasteiger partial charge in [0.1, 0.15) is 24.4 Å². The van der Waals surface area contributed by atoms with Gasteiger partial charge in [0.2, 0.25) is 0 Å². The molecule has 5 N–H and O–H groups in total. The third-order valence-corrected chi connectivity index (χ3v) is 2.99. The lowest BCUT2D eigenvalue weighted by Gasteiger charge is -2.40. The van der Waals surface area contributed by atoms with E-state index in [1.807, 2.05) is 0 Å². The standard InChI is InChI=1S/C9H16ClN3O7/c10-1-2-13(12-19)9(18)11-5-7(16)6(15)4(3-14)20-8(5)17/h4-8,14-17H,1-3H2,(H,11,18)/t4-,5-,6-,7-,8?/m0/s1. The van der Waals surface area contributed by atoms with E-state index in [1.165, 1.54) is 0 Å². The molecule has 0 spiro atoms. The van der Waals surface area contributed by atoms with Gasteiger partial charge in [-0.25, -0.2) is 4.79 Å². The Morgan fingerprint density at radius 2 is 2.00 bits per heavy atom. The minimum atomic E-state index is -1.67. The molecular formula is C9H16ClN3O7. The van der Waals surface area contributed by atoms with Crippen LogP contribution in [0.3, 0.4) is 0 Å². The second-order valence-electron chi connectivity index (χ2n) is 4.10. The van der Waals surface area contributed by atoms with Crippen molar-refractivity contribution >= 4 is 17.6 Å². The number of carbonyl (C=O) groups excluding carboxylic acids is 1. The molecule has 1 fully saturated rings. The predicted molar refractivity (Wildman–Crippen MR) is 65.5 cm³/mol. The number of alkyl halides is 1. The van der Waals surface area contributed by atoms with E-state index >= 15 is 0 Å². The average Bonchev–Trinajstić information content (AvgIpc) is 2.44. The lowest BCUT2D eigenvalue weighted by atomic mass is 9.97. The number of nitrogens with one attached hydrogen (secondary N) is 1. The van der Waals surface area contributed by atoms with Crippen molar-refractivity contribution in [3.63, 3.8) is 0 Å².